The number of benzene rings is 1. The Morgan fingerprint density at radius 3 is 2.65 bits per heavy atom. The minimum Gasteiger partial charge on any atom is -0.383 e. The third-order valence-corrected chi connectivity index (χ3v) is 4.40. The highest BCUT2D eigenvalue weighted by atomic mass is 35.5. The van der Waals surface area contributed by atoms with Gasteiger partial charge in [0.2, 0.25) is 0 Å². The van der Waals surface area contributed by atoms with Crippen molar-refractivity contribution < 1.29 is 4.79 Å². The van der Waals surface area contributed by atoms with Crippen molar-refractivity contribution in [3.05, 3.63) is 52.3 Å². The van der Waals surface area contributed by atoms with Gasteiger partial charge >= 0.3 is 5.24 Å². The molecule has 0 unspecified atom stereocenters. The van der Waals surface area contributed by atoms with Crippen LogP contribution in [0.4, 0.5) is 10.6 Å². The lowest BCUT2D eigenvalue weighted by Crippen LogP contribution is -2.28. The molecule has 1 heterocycles. The highest BCUT2D eigenvalue weighted by Gasteiger charge is 2.25. The Morgan fingerprint density at radius 2 is 2.09 bits per heavy atom. The second-order valence-electron chi connectivity index (χ2n) is 5.16. The van der Waals surface area contributed by atoms with Gasteiger partial charge in [0, 0.05) is 22.4 Å². The van der Waals surface area contributed by atoms with Crippen molar-refractivity contribution in [2.45, 2.75) is 19.9 Å². The van der Waals surface area contributed by atoms with Gasteiger partial charge in [-0.2, -0.15) is 4.68 Å². The highest BCUT2D eigenvalue weighted by molar-refractivity contribution is 8.13. The molecule has 0 saturated carbocycles. The number of hydrogen-bond acceptors (Lipinski definition) is 4. The molecule has 0 aliphatic heterocycles. The van der Waals surface area contributed by atoms with Crippen molar-refractivity contribution in [1.82, 2.24) is 9.36 Å². The molecule has 7 heteroatoms. The van der Waals surface area contributed by atoms with Crippen LogP contribution >= 0.6 is 23.4 Å². The molecule has 0 saturated heterocycles. The summed E-state index contributed by atoms with van der Waals surface area (Å²) < 4.78 is 2.58. The number of hydrogen-bond donors (Lipinski definition) is 1. The Morgan fingerprint density at radius 1 is 1.43 bits per heavy atom. The van der Waals surface area contributed by atoms with Crippen LogP contribution in [0.5, 0.6) is 0 Å². The molecule has 0 aliphatic carbocycles. The zero-order chi connectivity index (χ0) is 17.1. The first-order chi connectivity index (χ1) is 10.9. The predicted molar refractivity (Wildman–Crippen MR) is 97.4 cm³/mol. The minimum absolute atomic E-state index is 0.0957. The van der Waals surface area contributed by atoms with E-state index >= 15 is 0 Å². The monoisotopic (exact) mass is 351 g/mol. The smallest absolute Gasteiger partial charge is 0.306 e. The van der Waals surface area contributed by atoms with Crippen LogP contribution in [0.15, 0.2) is 41.7 Å². The largest absolute Gasteiger partial charge is 0.383 e. The van der Waals surface area contributed by atoms with E-state index in [0.717, 1.165) is 11.8 Å². The van der Waals surface area contributed by atoms with E-state index in [9.17, 15) is 9.59 Å². The summed E-state index contributed by atoms with van der Waals surface area (Å²) >= 11 is 7.22. The topological polar surface area (TPSA) is 70.0 Å². The molecule has 1 aromatic carbocycles. The lowest BCUT2D eigenvalue weighted by atomic mass is 10.1. The van der Waals surface area contributed by atoms with E-state index in [-0.39, 0.29) is 28.2 Å². The maximum Gasteiger partial charge on any atom is 0.306 e. The first-order valence-corrected chi connectivity index (χ1v) is 8.42. The van der Waals surface area contributed by atoms with E-state index in [0.29, 0.717) is 16.3 Å². The van der Waals surface area contributed by atoms with Crippen LogP contribution in [0.2, 0.25) is 5.02 Å². The Hall–Kier alpha value is -1.92. The Labute approximate surface area is 143 Å². The lowest BCUT2D eigenvalue weighted by Gasteiger charge is -2.13. The van der Waals surface area contributed by atoms with Gasteiger partial charge < -0.3 is 5.73 Å². The number of carbonyl (C=O) groups is 1. The number of carbonyl (C=O) groups excluding carboxylic acids is 1. The molecular weight excluding hydrogens is 334 g/mol. The Balaban J connectivity index is 2.72. The molecule has 0 spiro atoms. The van der Waals surface area contributed by atoms with Gasteiger partial charge in [-0.05, 0) is 19.9 Å². The summed E-state index contributed by atoms with van der Waals surface area (Å²) in [4.78, 5) is 25.2. The average molecular weight is 352 g/mol. The molecule has 0 bridgehead atoms. The molecule has 122 valence electrons. The fraction of sp³-hybridized carbons (Fsp3) is 0.250. The van der Waals surface area contributed by atoms with E-state index in [1.807, 2.05) is 13.8 Å². The zero-order valence-electron chi connectivity index (χ0n) is 13.0. The van der Waals surface area contributed by atoms with E-state index in [1.165, 1.54) is 9.36 Å². The second kappa shape index (κ2) is 7.10. The van der Waals surface area contributed by atoms with Crippen LogP contribution in [-0.2, 0) is 0 Å². The van der Waals surface area contributed by atoms with Crippen LogP contribution < -0.4 is 11.3 Å². The van der Waals surface area contributed by atoms with Crippen molar-refractivity contribution in [1.29, 1.82) is 0 Å². The summed E-state index contributed by atoms with van der Waals surface area (Å²) in [6.07, 6.45) is 1.62. The number of nitrogen functional groups attached to an aromatic ring is 1. The van der Waals surface area contributed by atoms with Crippen LogP contribution in [0.25, 0.3) is 11.1 Å². The van der Waals surface area contributed by atoms with E-state index in [2.05, 4.69) is 6.58 Å². The number of halogens is 1. The van der Waals surface area contributed by atoms with Gasteiger partial charge in [0.1, 0.15) is 5.82 Å². The van der Waals surface area contributed by atoms with E-state index in [1.54, 1.807) is 30.3 Å². The first-order valence-electron chi connectivity index (χ1n) is 7.06. The molecule has 0 amide bonds. The molecule has 0 aliphatic rings. The maximum absolute atomic E-state index is 12.8. The summed E-state index contributed by atoms with van der Waals surface area (Å²) in [7, 11) is 0. The predicted octanol–water partition coefficient (Wildman–Crippen LogP) is 4.02. The summed E-state index contributed by atoms with van der Waals surface area (Å²) in [6.45, 7) is 7.23. The van der Waals surface area contributed by atoms with Crippen LogP contribution in [0.3, 0.4) is 0 Å². The van der Waals surface area contributed by atoms with Crippen LogP contribution in [0.1, 0.15) is 19.9 Å². The Bertz CT molecular complexity index is 808. The molecule has 5 nitrogen and oxygen atoms in total. The molecule has 1 aromatic heterocycles. The number of nitrogens with two attached hydrogens (primary N) is 1. The van der Waals surface area contributed by atoms with Crippen molar-refractivity contribution in [3.63, 3.8) is 0 Å². The quantitative estimate of drug-likeness (QED) is 0.844. The van der Waals surface area contributed by atoms with Gasteiger partial charge in [0.15, 0.2) is 0 Å². The molecular formula is C16H18ClN3O2S. The van der Waals surface area contributed by atoms with Crippen LogP contribution in [-0.4, -0.2) is 20.4 Å². The molecule has 2 aromatic rings. The summed E-state index contributed by atoms with van der Waals surface area (Å²) in [5.41, 5.74) is 6.57. The van der Waals surface area contributed by atoms with Crippen molar-refractivity contribution in [3.8, 4) is 11.1 Å². The van der Waals surface area contributed by atoms with E-state index in [4.69, 9.17) is 17.3 Å². The van der Waals surface area contributed by atoms with Crippen molar-refractivity contribution in [2.24, 2.45) is 0 Å². The van der Waals surface area contributed by atoms with Crippen LogP contribution in [0, 0.1) is 0 Å². The number of rotatable bonds is 4. The molecule has 0 radical (unpaired) electrons. The molecule has 2 N–H and O–H groups in total. The third kappa shape index (κ3) is 3.23. The van der Waals surface area contributed by atoms with Gasteiger partial charge in [-0.3, -0.25) is 9.59 Å². The van der Waals surface area contributed by atoms with Gasteiger partial charge in [-0.25, -0.2) is 4.68 Å². The number of nitrogens with zero attached hydrogens (tertiary/aromatic N) is 2. The van der Waals surface area contributed by atoms with Gasteiger partial charge in [0.25, 0.3) is 5.56 Å². The number of thioether (sulfide) groups is 1. The fourth-order valence-corrected chi connectivity index (χ4v) is 3.10. The molecule has 0 fully saturated rings. The van der Waals surface area contributed by atoms with Crippen molar-refractivity contribution >= 4 is 34.4 Å². The lowest BCUT2D eigenvalue weighted by molar-refractivity contribution is 0.254. The number of aromatic nitrogens is 2. The van der Waals surface area contributed by atoms with Gasteiger partial charge in [0.05, 0.1) is 5.56 Å². The third-order valence-electron chi connectivity index (χ3n) is 3.25. The number of anilines is 1. The average Bonchev–Trinajstić information content (AvgIpc) is 2.77. The highest BCUT2D eigenvalue weighted by Crippen LogP contribution is 2.31. The summed E-state index contributed by atoms with van der Waals surface area (Å²) in [5.74, 6) is 0.530. The van der Waals surface area contributed by atoms with Crippen molar-refractivity contribution in [2.75, 3.05) is 11.5 Å². The maximum atomic E-state index is 12.8. The van der Waals surface area contributed by atoms with E-state index < -0.39 is 0 Å². The molecule has 0 atom stereocenters. The SMILES string of the molecule is C=CCSC(=O)n1c(N)c(-c2ccccc2Cl)c(=O)n1C(C)C. The summed E-state index contributed by atoms with van der Waals surface area (Å²) in [6, 6.07) is 6.71. The first kappa shape index (κ1) is 17.4. The molecule has 23 heavy (non-hydrogen) atoms. The second-order valence-corrected chi connectivity index (χ2v) is 6.54. The zero-order valence-corrected chi connectivity index (χ0v) is 14.5. The normalized spacial score (nSPS) is 11.0. The standard InChI is InChI=1S/C16H18ClN3O2S/c1-4-9-23-16(22)20-14(18)13(15(21)19(20)10(2)3)11-7-5-6-8-12(11)17/h4-8,10H,1,9,18H2,2-3H3. The minimum atomic E-state index is -0.335. The summed E-state index contributed by atoms with van der Waals surface area (Å²) in [5, 5.41) is 0.0852. The van der Waals surface area contributed by atoms with Gasteiger partial charge in [-0.1, -0.05) is 47.6 Å². The fourth-order valence-electron chi connectivity index (χ4n) is 2.30. The molecule has 2 rings (SSSR count). The Kier molecular flexibility index (Phi) is 5.38. The van der Waals surface area contributed by atoms with Gasteiger partial charge in [-0.15, -0.1) is 6.58 Å².